The predicted octanol–water partition coefficient (Wildman–Crippen LogP) is 1.29. The highest BCUT2D eigenvalue weighted by Crippen LogP contribution is 2.40. The van der Waals surface area contributed by atoms with E-state index in [2.05, 4.69) is 0 Å². The van der Waals surface area contributed by atoms with E-state index in [1.807, 2.05) is 26.8 Å². The van der Waals surface area contributed by atoms with E-state index in [1.54, 1.807) is 19.1 Å². The molecule has 3 rings (SSSR count). The number of hydrogen-bond donors (Lipinski definition) is 6. The molecule has 1 aromatic carbocycles. The zero-order valence-electron chi connectivity index (χ0n) is 21.1. The Hall–Kier alpha value is -2.96. The second-order valence-corrected chi connectivity index (χ2v) is 10.2. The zero-order chi connectivity index (χ0) is 27.7. The van der Waals surface area contributed by atoms with E-state index in [-0.39, 0.29) is 22.7 Å². The number of carbonyl (C=O) groups is 2. The Balaban J connectivity index is 1.64. The molecule has 0 saturated carbocycles. The summed E-state index contributed by atoms with van der Waals surface area (Å²) in [5.41, 5.74) is 0.365. The van der Waals surface area contributed by atoms with Gasteiger partial charge in [0.25, 0.3) is 0 Å². The number of aliphatic hydroxyl groups excluding tert-OH is 3. The van der Waals surface area contributed by atoms with Crippen molar-refractivity contribution >= 4 is 11.8 Å². The van der Waals surface area contributed by atoms with Crippen LogP contribution in [0.25, 0.3) is 0 Å². The first-order valence-electron chi connectivity index (χ1n) is 11.9. The summed E-state index contributed by atoms with van der Waals surface area (Å²) in [6, 6.07) is 1.77. The van der Waals surface area contributed by atoms with Crippen LogP contribution in [0.15, 0.2) is 35.9 Å². The fraction of sp³-hybridized carbons (Fsp3) is 0.538. The van der Waals surface area contributed by atoms with Crippen LogP contribution in [0, 0.1) is 11.3 Å². The number of aromatic hydroxyl groups is 3. The molecule has 0 unspecified atom stereocenters. The van der Waals surface area contributed by atoms with Crippen molar-refractivity contribution < 1.29 is 54.4 Å². The molecule has 11 nitrogen and oxygen atoms in total. The Kier molecular flexibility index (Phi) is 8.66. The first kappa shape index (κ1) is 28.6. The molecule has 37 heavy (non-hydrogen) atoms. The van der Waals surface area contributed by atoms with Crippen LogP contribution in [0.1, 0.15) is 44.5 Å². The highest BCUT2D eigenvalue weighted by atomic mass is 16.7. The fourth-order valence-electron chi connectivity index (χ4n) is 4.64. The Morgan fingerprint density at radius 2 is 1.76 bits per heavy atom. The van der Waals surface area contributed by atoms with Crippen molar-refractivity contribution in [3.8, 4) is 17.2 Å². The first-order chi connectivity index (χ1) is 17.2. The normalized spacial score (nSPS) is 30.7. The van der Waals surface area contributed by atoms with Crippen LogP contribution >= 0.6 is 0 Å². The van der Waals surface area contributed by atoms with Crippen molar-refractivity contribution in [3.63, 3.8) is 0 Å². The van der Waals surface area contributed by atoms with Crippen LogP contribution in [-0.4, -0.2) is 85.8 Å². The molecule has 204 valence electrons. The van der Waals surface area contributed by atoms with Crippen LogP contribution in [-0.2, 0) is 19.0 Å². The number of phenols is 3. The van der Waals surface area contributed by atoms with Crippen LogP contribution in [0.4, 0.5) is 0 Å². The summed E-state index contributed by atoms with van der Waals surface area (Å²) in [5, 5.41) is 59.5. The molecule has 1 aliphatic heterocycles. The van der Waals surface area contributed by atoms with Gasteiger partial charge in [-0.2, -0.15) is 0 Å². The van der Waals surface area contributed by atoms with E-state index in [4.69, 9.17) is 14.2 Å². The molecule has 0 bridgehead atoms. The van der Waals surface area contributed by atoms with Gasteiger partial charge in [-0.3, -0.25) is 4.79 Å². The second-order valence-electron chi connectivity index (χ2n) is 10.2. The lowest BCUT2D eigenvalue weighted by Crippen LogP contribution is -2.59. The summed E-state index contributed by atoms with van der Waals surface area (Å²) in [6.45, 7) is 7.03. The van der Waals surface area contributed by atoms with Crippen molar-refractivity contribution in [2.24, 2.45) is 11.3 Å². The molecule has 2 aliphatic rings. The Morgan fingerprint density at radius 3 is 2.35 bits per heavy atom. The highest BCUT2D eigenvalue weighted by Gasteiger charge is 2.45. The van der Waals surface area contributed by atoms with Gasteiger partial charge in [-0.15, -0.1) is 0 Å². The molecule has 1 fully saturated rings. The molecule has 7 atom stereocenters. The maximum Gasteiger partial charge on any atom is 0.338 e. The second kappa shape index (κ2) is 11.2. The molecule has 6 N–H and O–H groups in total. The Morgan fingerprint density at radius 1 is 1.14 bits per heavy atom. The van der Waals surface area contributed by atoms with Crippen LogP contribution < -0.4 is 0 Å². The summed E-state index contributed by atoms with van der Waals surface area (Å²) in [4.78, 5) is 24.2. The SMILES string of the molecule is CC1=CC(=O)CC(C)(C)[C@H]1C=C[C@H](C)O[C@@H]1O[C@H](COC(=O)c2cc(O)c(O)c(O)c2)[C@@H](O)[C@H](O)[C@H]1O. The molecule has 0 amide bonds. The number of allylic oxidation sites excluding steroid dienone is 3. The van der Waals surface area contributed by atoms with Crippen molar-refractivity contribution in [3.05, 3.63) is 41.5 Å². The van der Waals surface area contributed by atoms with Crippen molar-refractivity contribution in [1.29, 1.82) is 0 Å². The number of carbonyl (C=O) groups excluding carboxylic acids is 2. The van der Waals surface area contributed by atoms with Gasteiger partial charge in [-0.25, -0.2) is 4.79 Å². The van der Waals surface area contributed by atoms with Crippen LogP contribution in [0.2, 0.25) is 0 Å². The largest absolute Gasteiger partial charge is 0.504 e. The molecule has 11 heteroatoms. The van der Waals surface area contributed by atoms with E-state index in [0.29, 0.717) is 6.42 Å². The minimum Gasteiger partial charge on any atom is -0.504 e. The topological polar surface area (TPSA) is 183 Å². The molecule has 1 aromatic rings. The number of ketones is 1. The average Bonchev–Trinajstić information content (AvgIpc) is 2.80. The van der Waals surface area contributed by atoms with E-state index in [1.165, 1.54) is 0 Å². The van der Waals surface area contributed by atoms with E-state index < -0.39 is 66.6 Å². The van der Waals surface area contributed by atoms with Crippen molar-refractivity contribution in [2.45, 2.75) is 70.9 Å². The van der Waals surface area contributed by atoms with E-state index in [9.17, 15) is 40.2 Å². The highest BCUT2D eigenvalue weighted by molar-refractivity contribution is 5.92. The van der Waals surface area contributed by atoms with Gasteiger partial charge < -0.3 is 44.8 Å². The summed E-state index contributed by atoms with van der Waals surface area (Å²) < 4.78 is 16.4. The maximum atomic E-state index is 12.3. The lowest BCUT2D eigenvalue weighted by molar-refractivity contribution is -0.306. The van der Waals surface area contributed by atoms with Crippen molar-refractivity contribution in [2.75, 3.05) is 6.61 Å². The number of hydrogen-bond acceptors (Lipinski definition) is 11. The molecular formula is C26H34O11. The monoisotopic (exact) mass is 522 g/mol. The van der Waals surface area contributed by atoms with Gasteiger partial charge in [0.05, 0.1) is 11.7 Å². The van der Waals surface area contributed by atoms with Gasteiger partial charge in [0.1, 0.15) is 31.0 Å². The lowest BCUT2D eigenvalue weighted by Gasteiger charge is -2.40. The fourth-order valence-corrected chi connectivity index (χ4v) is 4.64. The van der Waals surface area contributed by atoms with E-state index >= 15 is 0 Å². The molecular weight excluding hydrogens is 488 g/mol. The Bertz CT molecular complexity index is 1050. The first-order valence-corrected chi connectivity index (χ1v) is 11.9. The number of phenolic OH excluding ortho intramolecular Hbond substituents is 3. The zero-order valence-corrected chi connectivity index (χ0v) is 21.1. The average molecular weight is 523 g/mol. The molecule has 0 aromatic heterocycles. The smallest absolute Gasteiger partial charge is 0.338 e. The van der Waals surface area contributed by atoms with E-state index in [0.717, 1.165) is 17.7 Å². The predicted molar refractivity (Wildman–Crippen MR) is 129 cm³/mol. The summed E-state index contributed by atoms with van der Waals surface area (Å²) in [6.07, 6.45) is -2.35. The number of benzene rings is 1. The number of aliphatic hydroxyl groups is 3. The molecule has 1 aliphatic carbocycles. The van der Waals surface area contributed by atoms with Crippen LogP contribution in [0.5, 0.6) is 17.2 Å². The minimum atomic E-state index is -1.66. The van der Waals surface area contributed by atoms with Gasteiger partial charge in [0.2, 0.25) is 0 Å². The Labute approximate surface area is 214 Å². The third-order valence-corrected chi connectivity index (χ3v) is 6.63. The number of rotatable bonds is 7. The van der Waals surface area contributed by atoms with Gasteiger partial charge in [-0.1, -0.05) is 31.6 Å². The van der Waals surface area contributed by atoms with Gasteiger partial charge in [-0.05, 0) is 37.5 Å². The molecule has 0 spiro atoms. The minimum absolute atomic E-state index is 0.00760. The van der Waals surface area contributed by atoms with Gasteiger partial charge >= 0.3 is 5.97 Å². The lowest BCUT2D eigenvalue weighted by atomic mass is 9.68. The van der Waals surface area contributed by atoms with Crippen LogP contribution in [0.3, 0.4) is 0 Å². The quantitative estimate of drug-likeness (QED) is 0.172. The summed E-state index contributed by atoms with van der Waals surface area (Å²) in [5.74, 6) is -3.20. The third kappa shape index (κ3) is 6.49. The third-order valence-electron chi connectivity index (χ3n) is 6.63. The number of ether oxygens (including phenoxy) is 3. The summed E-state index contributed by atoms with van der Waals surface area (Å²) >= 11 is 0. The summed E-state index contributed by atoms with van der Waals surface area (Å²) in [7, 11) is 0. The van der Waals surface area contributed by atoms with Gasteiger partial charge in [0.15, 0.2) is 29.3 Å². The molecule has 1 heterocycles. The van der Waals surface area contributed by atoms with Gasteiger partial charge in [0, 0.05) is 12.3 Å². The standard InChI is InChI=1S/C26H34O11/c1-12-7-15(27)10-26(3,4)16(12)6-5-13(2)36-25-23(33)22(32)21(31)19(37-25)11-35-24(34)14-8-17(28)20(30)18(29)9-14/h5-9,13,16,19,21-23,25,28-33H,10-11H2,1-4H3/t13-,16-,19+,21+,22-,23+,25+/m0/s1. The molecule has 1 saturated heterocycles. The maximum absolute atomic E-state index is 12.3. The van der Waals surface area contributed by atoms with Crippen molar-refractivity contribution in [1.82, 2.24) is 0 Å². The number of esters is 1. The molecule has 0 radical (unpaired) electrons.